The van der Waals surface area contributed by atoms with Gasteiger partial charge in [0.25, 0.3) is 0 Å². The highest BCUT2D eigenvalue weighted by Crippen LogP contribution is 2.39. The molecule has 20 heavy (non-hydrogen) atoms. The molecule has 0 saturated carbocycles. The Balaban J connectivity index is 2.33. The van der Waals surface area contributed by atoms with Crippen LogP contribution in [0.3, 0.4) is 0 Å². The molecule has 0 fully saturated rings. The van der Waals surface area contributed by atoms with E-state index >= 15 is 0 Å². The summed E-state index contributed by atoms with van der Waals surface area (Å²) in [6.07, 6.45) is 1.88. The molecule has 0 aliphatic carbocycles. The van der Waals surface area contributed by atoms with Gasteiger partial charge in [-0.25, -0.2) is 0 Å². The Hall–Kier alpha value is -2.67. The van der Waals surface area contributed by atoms with Gasteiger partial charge in [0, 0.05) is 17.0 Å². The minimum absolute atomic E-state index is 1.10. The van der Waals surface area contributed by atoms with Gasteiger partial charge in [0.2, 0.25) is 0 Å². The van der Waals surface area contributed by atoms with Gasteiger partial charge in [-0.3, -0.25) is 4.98 Å². The lowest BCUT2D eigenvalue weighted by molar-refractivity contribution is 1.43. The zero-order valence-electron chi connectivity index (χ0n) is 10.8. The third kappa shape index (κ3) is 1.11. The van der Waals surface area contributed by atoms with Crippen molar-refractivity contribution in [2.24, 2.45) is 0 Å². The first-order valence-electron chi connectivity index (χ1n) is 6.84. The first-order valence-corrected chi connectivity index (χ1v) is 6.84. The fourth-order valence-electron chi connectivity index (χ4n) is 3.41. The van der Waals surface area contributed by atoms with E-state index in [1.807, 2.05) is 12.3 Å². The molecule has 1 nitrogen and oxygen atoms in total. The van der Waals surface area contributed by atoms with Crippen molar-refractivity contribution in [3.05, 3.63) is 66.9 Å². The van der Waals surface area contributed by atoms with Gasteiger partial charge < -0.3 is 0 Å². The lowest BCUT2D eigenvalue weighted by Crippen LogP contribution is -1.88. The predicted molar refractivity (Wildman–Crippen MR) is 85.4 cm³/mol. The van der Waals surface area contributed by atoms with Gasteiger partial charge in [0.05, 0.1) is 5.52 Å². The summed E-state index contributed by atoms with van der Waals surface area (Å²) in [7, 11) is 0. The highest BCUT2D eigenvalue weighted by atomic mass is 14.6. The highest BCUT2D eigenvalue weighted by Gasteiger charge is 2.12. The second-order valence-corrected chi connectivity index (χ2v) is 5.27. The van der Waals surface area contributed by atoms with E-state index < -0.39 is 0 Å². The maximum atomic E-state index is 4.63. The SMILES string of the molecule is c1cnc2c(c1)c1cccc3ccc4cccc2c4c31. The van der Waals surface area contributed by atoms with Crippen molar-refractivity contribution in [3.8, 4) is 0 Å². The average molecular weight is 253 g/mol. The van der Waals surface area contributed by atoms with Gasteiger partial charge in [0.1, 0.15) is 0 Å². The Bertz CT molecular complexity index is 1000. The van der Waals surface area contributed by atoms with Gasteiger partial charge in [-0.15, -0.1) is 0 Å². The number of aromatic nitrogens is 1. The molecule has 0 spiro atoms. The fraction of sp³-hybridized carbons (Fsp3) is 0. The van der Waals surface area contributed by atoms with Crippen LogP contribution in [-0.2, 0) is 0 Å². The Labute approximate surface area is 115 Å². The Morgan fingerprint density at radius 2 is 1.20 bits per heavy atom. The Morgan fingerprint density at radius 3 is 2.00 bits per heavy atom. The van der Waals surface area contributed by atoms with Crippen LogP contribution < -0.4 is 0 Å². The summed E-state index contributed by atoms with van der Waals surface area (Å²) >= 11 is 0. The molecule has 1 heterocycles. The first kappa shape index (κ1) is 10.2. The van der Waals surface area contributed by atoms with Crippen molar-refractivity contribution >= 4 is 43.2 Å². The van der Waals surface area contributed by atoms with Gasteiger partial charge in [0.15, 0.2) is 0 Å². The zero-order valence-corrected chi connectivity index (χ0v) is 10.8. The van der Waals surface area contributed by atoms with Crippen LogP contribution in [0.2, 0.25) is 0 Å². The third-order valence-corrected chi connectivity index (χ3v) is 4.24. The number of hydrogen-bond donors (Lipinski definition) is 0. The van der Waals surface area contributed by atoms with Crippen molar-refractivity contribution < 1.29 is 0 Å². The number of hydrogen-bond acceptors (Lipinski definition) is 1. The highest BCUT2D eigenvalue weighted by molar-refractivity contribution is 6.32. The third-order valence-electron chi connectivity index (χ3n) is 4.24. The van der Waals surface area contributed by atoms with E-state index in [1.165, 1.54) is 37.7 Å². The molecule has 0 aliphatic rings. The number of nitrogens with zero attached hydrogens (tertiary/aromatic N) is 1. The number of fused-ring (bicyclic) bond motifs is 3. The molecular formula is C19H11N. The molecule has 0 aliphatic heterocycles. The van der Waals surface area contributed by atoms with Crippen LogP contribution in [0.1, 0.15) is 0 Å². The van der Waals surface area contributed by atoms with Crippen molar-refractivity contribution in [2.45, 2.75) is 0 Å². The quantitative estimate of drug-likeness (QED) is 0.275. The zero-order chi connectivity index (χ0) is 13.1. The van der Waals surface area contributed by atoms with Crippen LogP contribution in [0.4, 0.5) is 0 Å². The molecule has 4 aromatic carbocycles. The summed E-state index contributed by atoms with van der Waals surface area (Å²) in [4.78, 5) is 4.63. The maximum Gasteiger partial charge on any atom is 0.0786 e. The maximum absolute atomic E-state index is 4.63. The molecule has 0 N–H and O–H groups in total. The van der Waals surface area contributed by atoms with E-state index in [4.69, 9.17) is 0 Å². The summed E-state index contributed by atoms with van der Waals surface area (Å²) < 4.78 is 0. The lowest BCUT2D eigenvalue weighted by Gasteiger charge is -2.13. The van der Waals surface area contributed by atoms with Crippen molar-refractivity contribution in [3.63, 3.8) is 0 Å². The van der Waals surface area contributed by atoms with E-state index in [0.29, 0.717) is 0 Å². The minimum Gasteiger partial charge on any atom is -0.256 e. The Morgan fingerprint density at radius 1 is 0.550 bits per heavy atom. The molecule has 92 valence electrons. The summed E-state index contributed by atoms with van der Waals surface area (Å²) in [6.45, 7) is 0. The molecule has 0 amide bonds. The standard InChI is InChI=1S/C19H11N/c1-4-12-9-10-13-5-2-7-16-18(13)17(12)14(6-1)15-8-3-11-20-19(15)16/h1-11H. The summed E-state index contributed by atoms with van der Waals surface area (Å²) in [5.74, 6) is 0. The molecule has 1 aromatic heterocycles. The van der Waals surface area contributed by atoms with E-state index in [1.54, 1.807) is 0 Å². The number of rotatable bonds is 0. The van der Waals surface area contributed by atoms with Crippen LogP contribution in [0.25, 0.3) is 43.2 Å². The largest absolute Gasteiger partial charge is 0.256 e. The minimum atomic E-state index is 1.10. The number of benzene rings is 4. The average Bonchev–Trinajstić information content (AvgIpc) is 2.53. The Kier molecular flexibility index (Phi) is 1.75. The molecule has 0 radical (unpaired) electrons. The van der Waals surface area contributed by atoms with Crippen LogP contribution in [0.5, 0.6) is 0 Å². The first-order chi connectivity index (χ1) is 9.93. The second-order valence-electron chi connectivity index (χ2n) is 5.27. The van der Waals surface area contributed by atoms with Crippen LogP contribution in [0, 0.1) is 0 Å². The molecule has 0 bridgehead atoms. The summed E-state index contributed by atoms with van der Waals surface area (Å²) in [5.41, 5.74) is 1.10. The molecule has 1 heteroatoms. The molecule has 0 saturated heterocycles. The predicted octanol–water partition coefficient (Wildman–Crippen LogP) is 5.13. The van der Waals surface area contributed by atoms with Crippen LogP contribution in [0.15, 0.2) is 66.9 Å². The smallest absolute Gasteiger partial charge is 0.0786 e. The number of pyridine rings is 1. The lowest BCUT2D eigenvalue weighted by atomic mass is 9.91. The van der Waals surface area contributed by atoms with E-state index in [0.717, 1.165) is 5.52 Å². The summed E-state index contributed by atoms with van der Waals surface area (Å²) in [6, 6.07) is 21.6. The molecule has 0 unspecified atom stereocenters. The monoisotopic (exact) mass is 253 g/mol. The van der Waals surface area contributed by atoms with Gasteiger partial charge in [-0.1, -0.05) is 54.6 Å². The van der Waals surface area contributed by atoms with Crippen LogP contribution in [-0.4, -0.2) is 4.98 Å². The molecule has 5 aromatic rings. The second kappa shape index (κ2) is 3.45. The summed E-state index contributed by atoms with van der Waals surface area (Å²) in [5, 5.41) is 9.09. The normalized spacial score (nSPS) is 12.0. The van der Waals surface area contributed by atoms with E-state index in [9.17, 15) is 0 Å². The topological polar surface area (TPSA) is 12.9 Å². The van der Waals surface area contributed by atoms with Crippen molar-refractivity contribution in [1.82, 2.24) is 4.98 Å². The molecule has 0 atom stereocenters. The molecule has 5 rings (SSSR count). The fourth-order valence-corrected chi connectivity index (χ4v) is 3.41. The van der Waals surface area contributed by atoms with Gasteiger partial charge >= 0.3 is 0 Å². The van der Waals surface area contributed by atoms with Crippen molar-refractivity contribution in [1.29, 1.82) is 0 Å². The van der Waals surface area contributed by atoms with Gasteiger partial charge in [-0.05, 0) is 33.0 Å². The van der Waals surface area contributed by atoms with Crippen molar-refractivity contribution in [2.75, 3.05) is 0 Å². The van der Waals surface area contributed by atoms with Gasteiger partial charge in [-0.2, -0.15) is 0 Å². The van der Waals surface area contributed by atoms with Crippen LogP contribution >= 0.6 is 0 Å². The molecular weight excluding hydrogens is 242 g/mol. The van der Waals surface area contributed by atoms with E-state index in [-0.39, 0.29) is 0 Å². The van der Waals surface area contributed by atoms with E-state index in [2.05, 4.69) is 59.6 Å².